The number of hydrogen-bond donors (Lipinski definition) is 1. The second-order valence-corrected chi connectivity index (χ2v) is 3.50. The highest BCUT2D eigenvalue weighted by molar-refractivity contribution is 6.31. The average molecular weight is 244 g/mol. The van der Waals surface area contributed by atoms with Gasteiger partial charge < -0.3 is 15.2 Å². The number of hydrogen-bond acceptors (Lipinski definition) is 4. The lowest BCUT2D eigenvalue weighted by Crippen LogP contribution is -2.16. The van der Waals surface area contributed by atoms with Crippen molar-refractivity contribution in [3.8, 4) is 0 Å². The van der Waals surface area contributed by atoms with E-state index >= 15 is 0 Å². The van der Waals surface area contributed by atoms with Crippen LogP contribution in [0.3, 0.4) is 0 Å². The van der Waals surface area contributed by atoms with Gasteiger partial charge in [0.2, 0.25) is 0 Å². The first-order valence-electron chi connectivity index (χ1n) is 4.91. The lowest BCUT2D eigenvalue weighted by Gasteiger charge is -2.06. The van der Waals surface area contributed by atoms with Gasteiger partial charge in [-0.3, -0.25) is 0 Å². The van der Waals surface area contributed by atoms with Gasteiger partial charge in [0.05, 0.1) is 6.61 Å². The smallest absolute Gasteiger partial charge is 0.332 e. The first-order valence-corrected chi connectivity index (χ1v) is 5.28. The highest BCUT2D eigenvalue weighted by atomic mass is 35.5. The Bertz CT molecular complexity index is 344. The Morgan fingerprint density at radius 1 is 1.38 bits per heavy atom. The van der Waals surface area contributed by atoms with E-state index in [2.05, 4.69) is 0 Å². The second kappa shape index (κ2) is 7.22. The van der Waals surface area contributed by atoms with Crippen molar-refractivity contribution < 1.29 is 14.3 Å². The van der Waals surface area contributed by atoms with E-state index in [0.29, 0.717) is 18.2 Å². The molecule has 2 N–H and O–H groups in total. The third-order valence-electron chi connectivity index (χ3n) is 1.83. The Balaban J connectivity index is 2.29. The summed E-state index contributed by atoms with van der Waals surface area (Å²) < 4.78 is 9.90. The molecule has 0 saturated carbocycles. The van der Waals surface area contributed by atoms with Gasteiger partial charge in [-0.2, -0.15) is 0 Å². The molecular weight excluding hydrogens is 230 g/mol. The number of nitrogens with two attached hydrogens (primary N) is 1. The zero-order valence-corrected chi connectivity index (χ0v) is 9.57. The summed E-state index contributed by atoms with van der Waals surface area (Å²) in [5.74, 6) is -0.423. The summed E-state index contributed by atoms with van der Waals surface area (Å²) in [5.41, 5.74) is 5.98. The first kappa shape index (κ1) is 13.0. The van der Waals surface area contributed by atoms with Gasteiger partial charge in [0.1, 0.15) is 13.2 Å². The number of benzene rings is 1. The monoisotopic (exact) mass is 243 g/mol. The van der Waals surface area contributed by atoms with E-state index in [1.807, 2.05) is 12.1 Å². The average Bonchev–Trinajstić information content (AvgIpc) is 2.28. The predicted molar refractivity (Wildman–Crippen MR) is 61.1 cm³/mol. The third-order valence-corrected chi connectivity index (χ3v) is 2.20. The Hall–Kier alpha value is -1.10. The van der Waals surface area contributed by atoms with Crippen LogP contribution in [0.2, 0.25) is 5.02 Å². The maximum Gasteiger partial charge on any atom is 0.332 e. The van der Waals surface area contributed by atoms with E-state index < -0.39 is 5.97 Å². The summed E-state index contributed by atoms with van der Waals surface area (Å²) >= 11 is 5.90. The zero-order chi connectivity index (χ0) is 11.8. The first-order chi connectivity index (χ1) is 7.74. The molecule has 0 saturated heterocycles. The van der Waals surface area contributed by atoms with Gasteiger partial charge >= 0.3 is 5.97 Å². The van der Waals surface area contributed by atoms with Gasteiger partial charge in [0.25, 0.3) is 0 Å². The van der Waals surface area contributed by atoms with Crippen LogP contribution >= 0.6 is 11.6 Å². The van der Waals surface area contributed by atoms with E-state index in [9.17, 15) is 4.79 Å². The SMILES string of the molecule is NCCOCC(=O)OCc1ccccc1Cl. The molecule has 0 heterocycles. The van der Waals surface area contributed by atoms with Crippen LogP contribution in [0.15, 0.2) is 24.3 Å². The third kappa shape index (κ3) is 4.61. The molecule has 0 spiro atoms. The fourth-order valence-corrected chi connectivity index (χ4v) is 1.24. The highest BCUT2D eigenvalue weighted by Gasteiger charge is 2.05. The van der Waals surface area contributed by atoms with Gasteiger partial charge in [-0.25, -0.2) is 4.79 Å². The Morgan fingerprint density at radius 2 is 2.12 bits per heavy atom. The summed E-state index contributed by atoms with van der Waals surface area (Å²) in [4.78, 5) is 11.2. The van der Waals surface area contributed by atoms with Crippen LogP contribution in [-0.2, 0) is 20.9 Å². The standard InChI is InChI=1S/C11H14ClNO3/c12-10-4-2-1-3-9(10)7-16-11(14)8-15-6-5-13/h1-4H,5-8,13H2. The van der Waals surface area contributed by atoms with Crippen molar-refractivity contribution in [1.82, 2.24) is 0 Å². The molecule has 1 aromatic rings. The summed E-state index contributed by atoms with van der Waals surface area (Å²) in [5, 5.41) is 0.582. The quantitative estimate of drug-likeness (QED) is 0.605. The van der Waals surface area contributed by atoms with Crippen LogP contribution in [0.4, 0.5) is 0 Å². The molecule has 0 aliphatic rings. The molecule has 1 rings (SSSR count). The normalized spacial score (nSPS) is 10.1. The molecule has 0 unspecified atom stereocenters. The molecule has 4 nitrogen and oxygen atoms in total. The minimum atomic E-state index is -0.423. The second-order valence-electron chi connectivity index (χ2n) is 3.09. The Labute approximate surface area is 99.3 Å². The van der Waals surface area contributed by atoms with Crippen molar-refractivity contribution in [3.05, 3.63) is 34.9 Å². The van der Waals surface area contributed by atoms with Gasteiger partial charge in [0, 0.05) is 17.1 Å². The van der Waals surface area contributed by atoms with E-state index in [1.165, 1.54) is 0 Å². The number of halogens is 1. The molecule has 88 valence electrons. The van der Waals surface area contributed by atoms with Crippen LogP contribution in [0.1, 0.15) is 5.56 Å². The van der Waals surface area contributed by atoms with Gasteiger partial charge in [-0.05, 0) is 6.07 Å². The lowest BCUT2D eigenvalue weighted by molar-refractivity contribution is -0.150. The highest BCUT2D eigenvalue weighted by Crippen LogP contribution is 2.15. The molecule has 1 aromatic carbocycles. The topological polar surface area (TPSA) is 61.5 Å². The predicted octanol–water partition coefficient (Wildman–Crippen LogP) is 1.36. The van der Waals surface area contributed by atoms with Crippen LogP contribution in [0.25, 0.3) is 0 Å². The van der Waals surface area contributed by atoms with E-state index in [1.54, 1.807) is 12.1 Å². The number of esters is 1. The molecule has 0 radical (unpaired) electrons. The summed E-state index contributed by atoms with van der Waals surface area (Å²) in [7, 11) is 0. The lowest BCUT2D eigenvalue weighted by atomic mass is 10.2. The van der Waals surface area contributed by atoms with Crippen molar-refractivity contribution in [1.29, 1.82) is 0 Å². The van der Waals surface area contributed by atoms with Gasteiger partial charge in [-0.1, -0.05) is 29.8 Å². The van der Waals surface area contributed by atoms with Crippen molar-refractivity contribution in [3.63, 3.8) is 0 Å². The minimum Gasteiger partial charge on any atom is -0.459 e. The minimum absolute atomic E-state index is 0.0817. The molecule has 0 aliphatic heterocycles. The molecule has 0 amide bonds. The number of ether oxygens (including phenoxy) is 2. The zero-order valence-electron chi connectivity index (χ0n) is 8.82. The fraction of sp³-hybridized carbons (Fsp3) is 0.364. The van der Waals surface area contributed by atoms with Crippen molar-refractivity contribution >= 4 is 17.6 Å². The number of rotatable bonds is 6. The van der Waals surface area contributed by atoms with E-state index in [-0.39, 0.29) is 13.2 Å². The molecule has 0 aliphatic carbocycles. The van der Waals surface area contributed by atoms with Crippen LogP contribution in [0.5, 0.6) is 0 Å². The Morgan fingerprint density at radius 3 is 2.81 bits per heavy atom. The molecule has 5 heteroatoms. The number of carbonyl (C=O) groups excluding carboxylic acids is 1. The van der Waals surface area contributed by atoms with Crippen molar-refractivity contribution in [2.75, 3.05) is 19.8 Å². The Kier molecular flexibility index (Phi) is 5.85. The van der Waals surface area contributed by atoms with E-state index in [4.69, 9.17) is 26.8 Å². The van der Waals surface area contributed by atoms with Crippen LogP contribution in [-0.4, -0.2) is 25.7 Å². The molecule has 0 aromatic heterocycles. The summed E-state index contributed by atoms with van der Waals surface area (Å²) in [6.07, 6.45) is 0. The maximum absolute atomic E-state index is 11.2. The van der Waals surface area contributed by atoms with Crippen LogP contribution < -0.4 is 5.73 Å². The van der Waals surface area contributed by atoms with Gasteiger partial charge in [0.15, 0.2) is 0 Å². The summed E-state index contributed by atoms with van der Waals surface area (Å²) in [6, 6.07) is 7.20. The fourth-order valence-electron chi connectivity index (χ4n) is 1.05. The largest absolute Gasteiger partial charge is 0.459 e. The van der Waals surface area contributed by atoms with Gasteiger partial charge in [-0.15, -0.1) is 0 Å². The van der Waals surface area contributed by atoms with Crippen LogP contribution in [0, 0.1) is 0 Å². The van der Waals surface area contributed by atoms with Crippen molar-refractivity contribution in [2.45, 2.75) is 6.61 Å². The maximum atomic E-state index is 11.2. The summed E-state index contributed by atoms with van der Waals surface area (Å²) in [6.45, 7) is 0.811. The molecule has 0 fully saturated rings. The number of carbonyl (C=O) groups is 1. The molecule has 16 heavy (non-hydrogen) atoms. The molecule has 0 atom stereocenters. The van der Waals surface area contributed by atoms with Crippen molar-refractivity contribution in [2.24, 2.45) is 5.73 Å². The van der Waals surface area contributed by atoms with E-state index in [0.717, 1.165) is 5.56 Å². The molecule has 0 bridgehead atoms. The molecular formula is C11H14ClNO3.